The Morgan fingerprint density at radius 3 is 2.49 bits per heavy atom. The molecule has 0 spiro atoms. The third-order valence-electron chi connectivity index (χ3n) is 8.23. The molecule has 43 heavy (non-hydrogen) atoms. The van der Waals surface area contributed by atoms with E-state index >= 15 is 0 Å². The van der Waals surface area contributed by atoms with E-state index in [1.165, 1.54) is 11.9 Å². The van der Waals surface area contributed by atoms with E-state index in [-0.39, 0.29) is 41.7 Å². The average molecular weight is 595 g/mol. The SMILES string of the molecule is CC(C)[C@H](CCN(C)C[C@H]1O[C@@H](n2cnc3c(N)ncnc32)C2OC(C)(C)O[C@@H]21)NC(=O)Nc1ccc(C(C)(C)C)cc1. The second-order valence-electron chi connectivity index (χ2n) is 13.5. The van der Waals surface area contributed by atoms with Gasteiger partial charge in [-0.05, 0) is 62.9 Å². The van der Waals surface area contributed by atoms with Crippen LogP contribution in [0.3, 0.4) is 0 Å². The molecule has 3 aromatic rings. The number of likely N-dealkylation sites (N-methyl/N-ethyl adjacent to an activating group) is 1. The fourth-order valence-corrected chi connectivity index (χ4v) is 5.81. The van der Waals surface area contributed by atoms with Crippen LogP contribution in [0.2, 0.25) is 0 Å². The van der Waals surface area contributed by atoms with Crippen molar-refractivity contribution in [2.24, 2.45) is 5.92 Å². The molecule has 5 atom stereocenters. The molecule has 0 aliphatic carbocycles. The molecule has 2 aromatic heterocycles. The van der Waals surface area contributed by atoms with Crippen molar-refractivity contribution < 1.29 is 19.0 Å². The molecule has 2 amide bonds. The predicted octanol–water partition coefficient (Wildman–Crippen LogP) is 4.29. The number of fused-ring (bicyclic) bond motifs is 2. The minimum absolute atomic E-state index is 0.00579. The summed E-state index contributed by atoms with van der Waals surface area (Å²) in [4.78, 5) is 27.9. The summed E-state index contributed by atoms with van der Waals surface area (Å²) in [5.74, 6) is -0.166. The number of nitrogens with zero attached hydrogens (tertiary/aromatic N) is 5. The first-order valence-electron chi connectivity index (χ1n) is 15.0. The summed E-state index contributed by atoms with van der Waals surface area (Å²) in [6.45, 7) is 16.0. The molecule has 2 saturated heterocycles. The predicted molar refractivity (Wildman–Crippen MR) is 166 cm³/mol. The molecule has 12 nitrogen and oxygen atoms in total. The van der Waals surface area contributed by atoms with Crippen LogP contribution in [0.4, 0.5) is 16.3 Å². The minimum Gasteiger partial charge on any atom is -0.382 e. The average Bonchev–Trinajstić information content (AvgIpc) is 3.58. The van der Waals surface area contributed by atoms with E-state index in [2.05, 4.69) is 84.3 Å². The lowest BCUT2D eigenvalue weighted by molar-refractivity contribution is -0.197. The van der Waals surface area contributed by atoms with Crippen molar-refractivity contribution in [3.63, 3.8) is 0 Å². The zero-order valence-corrected chi connectivity index (χ0v) is 26.5. The highest BCUT2D eigenvalue weighted by molar-refractivity contribution is 5.89. The molecular formula is C31H46N8O4. The number of ether oxygens (including phenoxy) is 3. The van der Waals surface area contributed by atoms with Crippen molar-refractivity contribution >= 4 is 28.7 Å². The van der Waals surface area contributed by atoms with Gasteiger partial charge in [0.1, 0.15) is 30.2 Å². The van der Waals surface area contributed by atoms with Gasteiger partial charge in [-0.15, -0.1) is 0 Å². The number of nitrogens with one attached hydrogen (secondary N) is 2. The number of nitrogen functional groups attached to an aromatic ring is 1. The number of amides is 2. The number of hydrogen-bond donors (Lipinski definition) is 3. The van der Waals surface area contributed by atoms with Crippen molar-refractivity contribution in [3.8, 4) is 0 Å². The second-order valence-corrected chi connectivity index (χ2v) is 13.5. The Morgan fingerprint density at radius 2 is 1.81 bits per heavy atom. The third-order valence-corrected chi connectivity index (χ3v) is 8.23. The van der Waals surface area contributed by atoms with Crippen LogP contribution in [0.25, 0.3) is 11.2 Å². The van der Waals surface area contributed by atoms with Crippen LogP contribution in [0.5, 0.6) is 0 Å². The van der Waals surface area contributed by atoms with Gasteiger partial charge in [-0.25, -0.2) is 19.7 Å². The lowest BCUT2D eigenvalue weighted by atomic mass is 9.87. The van der Waals surface area contributed by atoms with Crippen LogP contribution in [0.15, 0.2) is 36.9 Å². The van der Waals surface area contributed by atoms with Gasteiger partial charge < -0.3 is 35.5 Å². The smallest absolute Gasteiger partial charge is 0.319 e. The molecule has 4 N–H and O–H groups in total. The number of anilines is 2. The van der Waals surface area contributed by atoms with Gasteiger partial charge in [0.25, 0.3) is 0 Å². The van der Waals surface area contributed by atoms with Gasteiger partial charge in [-0.3, -0.25) is 4.57 Å². The van der Waals surface area contributed by atoms with Crippen molar-refractivity contribution in [3.05, 3.63) is 42.5 Å². The number of hydrogen-bond acceptors (Lipinski definition) is 9. The maximum absolute atomic E-state index is 12.9. The Kier molecular flexibility index (Phi) is 8.68. The zero-order chi connectivity index (χ0) is 31.1. The third kappa shape index (κ3) is 6.93. The Balaban J connectivity index is 1.19. The van der Waals surface area contributed by atoms with E-state index in [0.29, 0.717) is 23.5 Å². The van der Waals surface area contributed by atoms with Crippen molar-refractivity contribution in [1.29, 1.82) is 0 Å². The van der Waals surface area contributed by atoms with E-state index in [0.717, 1.165) is 18.7 Å². The Bertz CT molecular complexity index is 1420. The molecule has 4 heterocycles. The summed E-state index contributed by atoms with van der Waals surface area (Å²) < 4.78 is 21.0. The number of benzene rings is 1. The lowest BCUT2D eigenvalue weighted by Gasteiger charge is -2.29. The maximum atomic E-state index is 12.9. The Morgan fingerprint density at radius 1 is 1.12 bits per heavy atom. The molecule has 2 aliphatic heterocycles. The topological polar surface area (TPSA) is 142 Å². The molecule has 234 valence electrons. The monoisotopic (exact) mass is 594 g/mol. The highest BCUT2D eigenvalue weighted by Crippen LogP contribution is 2.44. The summed E-state index contributed by atoms with van der Waals surface area (Å²) in [6, 6.07) is 7.81. The minimum atomic E-state index is -0.744. The van der Waals surface area contributed by atoms with E-state index < -0.39 is 12.0 Å². The first-order chi connectivity index (χ1) is 20.2. The van der Waals surface area contributed by atoms with Crippen LogP contribution in [0, 0.1) is 5.92 Å². The first kappa shape index (κ1) is 31.1. The quantitative estimate of drug-likeness (QED) is 0.331. The Hall–Kier alpha value is -3.32. The van der Waals surface area contributed by atoms with Gasteiger partial charge in [0.05, 0.1) is 6.33 Å². The highest BCUT2D eigenvalue weighted by atomic mass is 16.8. The standard InChI is InChI=1S/C31H46N8O4/c1-18(2)21(37-29(40)36-20-11-9-19(10-12-20)30(3,4)5)13-14-38(8)15-22-24-25(43-31(6,7)42-24)28(41-22)39-17-35-23-26(32)33-16-34-27(23)39/h9-12,16-18,21-22,24-25,28H,13-15H2,1-8H3,(H2,32,33,34)(H2,36,37,40)/t21-,22+,24+,25?,28+/m0/s1. The summed E-state index contributed by atoms with van der Waals surface area (Å²) in [6.07, 6.45) is 2.54. The van der Waals surface area contributed by atoms with Gasteiger partial charge in [0.15, 0.2) is 23.5 Å². The molecule has 0 bridgehead atoms. The normalized spacial score (nSPS) is 24.0. The van der Waals surface area contributed by atoms with Crippen molar-refractivity contribution in [1.82, 2.24) is 29.7 Å². The van der Waals surface area contributed by atoms with E-state index in [9.17, 15) is 4.79 Å². The number of aromatic nitrogens is 4. The molecule has 2 aliphatic rings. The largest absolute Gasteiger partial charge is 0.382 e. The van der Waals surface area contributed by atoms with E-state index in [1.807, 2.05) is 30.5 Å². The van der Waals surface area contributed by atoms with Gasteiger partial charge in [0.2, 0.25) is 0 Å². The fraction of sp³-hybridized carbons (Fsp3) is 0.613. The van der Waals surface area contributed by atoms with E-state index in [4.69, 9.17) is 19.9 Å². The molecule has 2 fully saturated rings. The number of rotatable bonds is 9. The lowest BCUT2D eigenvalue weighted by Crippen LogP contribution is -2.44. The number of urea groups is 1. The van der Waals surface area contributed by atoms with Gasteiger partial charge in [-0.1, -0.05) is 46.8 Å². The molecular weight excluding hydrogens is 548 g/mol. The van der Waals surface area contributed by atoms with Gasteiger partial charge in [-0.2, -0.15) is 0 Å². The van der Waals surface area contributed by atoms with E-state index in [1.54, 1.807) is 6.33 Å². The number of imidazole rings is 1. The van der Waals surface area contributed by atoms with Crippen LogP contribution in [-0.2, 0) is 19.6 Å². The second kappa shape index (κ2) is 12.0. The number of carbonyl (C=O) groups excluding carboxylic acids is 1. The molecule has 0 radical (unpaired) electrons. The summed E-state index contributed by atoms with van der Waals surface area (Å²) in [7, 11) is 2.06. The zero-order valence-electron chi connectivity index (χ0n) is 26.5. The van der Waals surface area contributed by atoms with Crippen molar-refractivity contribution in [2.45, 2.75) is 96.7 Å². The fourth-order valence-electron chi connectivity index (χ4n) is 5.81. The molecule has 5 rings (SSSR count). The number of nitrogens with two attached hydrogens (primary N) is 1. The Labute approximate surface area is 253 Å². The van der Waals surface area contributed by atoms with Crippen LogP contribution in [-0.4, -0.2) is 80.7 Å². The first-order valence-corrected chi connectivity index (χ1v) is 15.0. The van der Waals surface area contributed by atoms with Crippen LogP contribution >= 0.6 is 0 Å². The molecule has 1 aromatic carbocycles. The summed E-state index contributed by atoms with van der Waals surface area (Å²) >= 11 is 0. The highest BCUT2D eigenvalue weighted by Gasteiger charge is 2.56. The molecule has 0 saturated carbocycles. The maximum Gasteiger partial charge on any atom is 0.319 e. The summed E-state index contributed by atoms with van der Waals surface area (Å²) in [5, 5.41) is 6.15. The van der Waals surface area contributed by atoms with Gasteiger partial charge >= 0.3 is 6.03 Å². The van der Waals surface area contributed by atoms with Crippen LogP contribution in [0.1, 0.15) is 66.7 Å². The van der Waals surface area contributed by atoms with Crippen LogP contribution < -0.4 is 16.4 Å². The number of carbonyl (C=O) groups is 1. The van der Waals surface area contributed by atoms with Gasteiger partial charge in [0, 0.05) is 18.3 Å². The molecule has 1 unspecified atom stereocenters. The summed E-state index contributed by atoms with van der Waals surface area (Å²) in [5.41, 5.74) is 9.19. The molecule has 12 heteroatoms. The van der Waals surface area contributed by atoms with Crippen molar-refractivity contribution in [2.75, 3.05) is 31.2 Å².